The van der Waals surface area contributed by atoms with Crippen molar-refractivity contribution in [3.63, 3.8) is 0 Å². The Morgan fingerprint density at radius 3 is 2.40 bits per heavy atom. The van der Waals surface area contributed by atoms with Crippen molar-refractivity contribution >= 4 is 5.69 Å². The third kappa shape index (κ3) is 4.11. The maximum atomic E-state index is 10.5. The van der Waals surface area contributed by atoms with Gasteiger partial charge in [-0.1, -0.05) is 43.3 Å². The van der Waals surface area contributed by atoms with E-state index in [2.05, 4.69) is 42.2 Å². The molecule has 4 rings (SSSR count). The third-order valence-electron chi connectivity index (χ3n) is 6.35. The summed E-state index contributed by atoms with van der Waals surface area (Å²) in [6.45, 7) is 3.47. The fourth-order valence-corrected chi connectivity index (χ4v) is 4.49. The van der Waals surface area contributed by atoms with E-state index in [1.54, 1.807) is 0 Å². The van der Waals surface area contributed by atoms with E-state index in [4.69, 9.17) is 4.74 Å². The Kier molecular flexibility index (Phi) is 6.41. The van der Waals surface area contributed by atoms with Gasteiger partial charge in [0.2, 0.25) is 0 Å². The number of fused-ring (bicyclic) bond motifs is 1. The number of benzene rings is 2. The molecule has 1 saturated heterocycles. The number of anilines is 1. The van der Waals surface area contributed by atoms with Crippen molar-refractivity contribution in [3.05, 3.63) is 64.7 Å². The first kappa shape index (κ1) is 21.3. The number of aryl methyl sites for hydroxylation is 2. The van der Waals surface area contributed by atoms with Gasteiger partial charge < -0.3 is 30.1 Å². The number of ether oxygens (including phenoxy) is 1. The van der Waals surface area contributed by atoms with E-state index < -0.39 is 37.1 Å². The van der Waals surface area contributed by atoms with Gasteiger partial charge in [0, 0.05) is 18.8 Å². The maximum Gasteiger partial charge on any atom is 0.113 e. The van der Waals surface area contributed by atoms with E-state index in [-0.39, 0.29) is 0 Å². The van der Waals surface area contributed by atoms with Crippen LogP contribution in [0.4, 0.5) is 5.69 Å². The van der Waals surface area contributed by atoms with Crippen LogP contribution in [0.5, 0.6) is 0 Å². The topological polar surface area (TPSA) is 93.4 Å². The van der Waals surface area contributed by atoms with Crippen LogP contribution in [0.1, 0.15) is 41.7 Å². The lowest BCUT2D eigenvalue weighted by Gasteiger charge is -2.41. The van der Waals surface area contributed by atoms with Crippen molar-refractivity contribution in [1.29, 1.82) is 0 Å². The van der Waals surface area contributed by atoms with Gasteiger partial charge in [-0.05, 0) is 47.6 Å². The lowest BCUT2D eigenvalue weighted by Crippen LogP contribution is -2.55. The van der Waals surface area contributed by atoms with Gasteiger partial charge >= 0.3 is 0 Å². The minimum Gasteiger partial charge on any atom is -0.394 e. The zero-order chi connectivity index (χ0) is 21.3. The molecule has 0 bridgehead atoms. The van der Waals surface area contributed by atoms with Crippen molar-refractivity contribution < 1.29 is 25.2 Å². The van der Waals surface area contributed by atoms with E-state index in [1.807, 2.05) is 12.1 Å². The van der Waals surface area contributed by atoms with Gasteiger partial charge in [-0.15, -0.1) is 0 Å². The van der Waals surface area contributed by atoms with Crippen LogP contribution in [0.15, 0.2) is 42.5 Å². The molecule has 4 N–H and O–H groups in total. The summed E-state index contributed by atoms with van der Waals surface area (Å²) in [6.07, 6.45) is -2.59. The van der Waals surface area contributed by atoms with Gasteiger partial charge in [0.1, 0.15) is 30.5 Å². The van der Waals surface area contributed by atoms with E-state index in [1.165, 1.54) is 16.7 Å². The van der Waals surface area contributed by atoms with Crippen LogP contribution in [0.2, 0.25) is 0 Å². The van der Waals surface area contributed by atoms with Crippen molar-refractivity contribution in [2.75, 3.05) is 18.1 Å². The van der Waals surface area contributed by atoms with Crippen LogP contribution in [0, 0.1) is 0 Å². The normalized spacial score (nSPS) is 29.0. The Morgan fingerprint density at radius 1 is 0.967 bits per heavy atom. The van der Waals surface area contributed by atoms with Gasteiger partial charge in [-0.25, -0.2) is 0 Å². The molecule has 162 valence electrons. The number of rotatable bonds is 5. The molecule has 30 heavy (non-hydrogen) atoms. The highest BCUT2D eigenvalue weighted by molar-refractivity contribution is 5.58. The van der Waals surface area contributed by atoms with Crippen molar-refractivity contribution in [2.45, 2.75) is 63.3 Å². The molecule has 2 heterocycles. The predicted molar refractivity (Wildman–Crippen MR) is 114 cm³/mol. The van der Waals surface area contributed by atoms with Gasteiger partial charge in [0.25, 0.3) is 0 Å². The monoisotopic (exact) mass is 413 g/mol. The summed E-state index contributed by atoms with van der Waals surface area (Å²) < 4.78 is 5.76. The zero-order valence-electron chi connectivity index (χ0n) is 17.3. The van der Waals surface area contributed by atoms with E-state index in [0.717, 1.165) is 43.6 Å². The van der Waals surface area contributed by atoms with Gasteiger partial charge in [0.05, 0.1) is 6.61 Å². The molecule has 2 aliphatic rings. The molecule has 0 aromatic heterocycles. The summed E-state index contributed by atoms with van der Waals surface area (Å²) >= 11 is 0. The molecule has 5 atom stereocenters. The van der Waals surface area contributed by atoms with Crippen LogP contribution < -0.4 is 4.90 Å². The zero-order valence-corrected chi connectivity index (χ0v) is 17.3. The average Bonchev–Trinajstić information content (AvgIpc) is 2.78. The highest BCUT2D eigenvalue weighted by atomic mass is 16.5. The standard InChI is InChI=1S/C24H31NO5/c1-2-15-5-7-16(8-6-15)13-25-11-3-4-17-9-10-18(12-19(17)25)24-23(29)22(28)21(27)20(14-26)30-24/h5-10,12,20-24,26-29H,2-4,11,13-14H2,1H3/t20-,21-,22+,23-,24+/m1/s1. The largest absolute Gasteiger partial charge is 0.394 e. The number of aliphatic hydroxyl groups is 4. The molecular formula is C24H31NO5. The predicted octanol–water partition coefficient (Wildman–Crippen LogP) is 1.72. The molecule has 0 aliphatic carbocycles. The molecule has 0 radical (unpaired) electrons. The molecule has 0 unspecified atom stereocenters. The molecule has 0 spiro atoms. The van der Waals surface area contributed by atoms with Crippen molar-refractivity contribution in [3.8, 4) is 0 Å². The van der Waals surface area contributed by atoms with Crippen LogP contribution in [-0.2, 0) is 24.1 Å². The summed E-state index contributed by atoms with van der Waals surface area (Å²) in [7, 11) is 0. The van der Waals surface area contributed by atoms with Gasteiger partial charge in [-0.3, -0.25) is 0 Å². The first-order valence-electron chi connectivity index (χ1n) is 10.8. The van der Waals surface area contributed by atoms with Gasteiger partial charge in [-0.2, -0.15) is 0 Å². The Morgan fingerprint density at radius 2 is 1.70 bits per heavy atom. The quantitative estimate of drug-likeness (QED) is 0.597. The molecule has 2 aromatic rings. The fraction of sp³-hybridized carbons (Fsp3) is 0.500. The molecular weight excluding hydrogens is 382 g/mol. The third-order valence-corrected chi connectivity index (χ3v) is 6.35. The molecule has 6 nitrogen and oxygen atoms in total. The Labute approximate surface area is 177 Å². The second-order valence-corrected chi connectivity index (χ2v) is 8.33. The first-order valence-corrected chi connectivity index (χ1v) is 10.8. The second kappa shape index (κ2) is 9.04. The highest BCUT2D eigenvalue weighted by Gasteiger charge is 2.44. The number of nitrogens with zero attached hydrogens (tertiary/aromatic N) is 1. The van der Waals surface area contributed by atoms with Crippen LogP contribution in [0.25, 0.3) is 0 Å². The molecule has 0 saturated carbocycles. The first-order chi connectivity index (χ1) is 14.5. The van der Waals surface area contributed by atoms with Crippen molar-refractivity contribution in [2.24, 2.45) is 0 Å². The summed E-state index contributed by atoms with van der Waals surface area (Å²) in [4.78, 5) is 2.34. The number of hydrogen-bond donors (Lipinski definition) is 4. The second-order valence-electron chi connectivity index (χ2n) is 8.33. The van der Waals surface area contributed by atoms with E-state index in [9.17, 15) is 20.4 Å². The minimum atomic E-state index is -1.37. The van der Waals surface area contributed by atoms with E-state index >= 15 is 0 Å². The Hall–Kier alpha value is -1.96. The van der Waals surface area contributed by atoms with Gasteiger partial charge in [0.15, 0.2) is 0 Å². The summed E-state index contributed by atoms with van der Waals surface area (Å²) in [5, 5.41) is 40.2. The maximum absolute atomic E-state index is 10.5. The highest BCUT2D eigenvalue weighted by Crippen LogP contribution is 2.37. The Bertz CT molecular complexity index is 853. The molecule has 2 aliphatic heterocycles. The van der Waals surface area contributed by atoms with E-state index in [0.29, 0.717) is 0 Å². The number of aliphatic hydroxyl groups excluding tert-OH is 4. The lowest BCUT2D eigenvalue weighted by atomic mass is 9.89. The van der Waals surface area contributed by atoms with Crippen LogP contribution in [0.3, 0.4) is 0 Å². The number of hydrogen-bond acceptors (Lipinski definition) is 6. The average molecular weight is 414 g/mol. The smallest absolute Gasteiger partial charge is 0.113 e. The summed E-state index contributed by atoms with van der Waals surface area (Å²) in [5.74, 6) is 0. The SMILES string of the molecule is CCc1ccc(CN2CCCc3ccc([C@@H]4O[C@H](CO)[C@@H](O)[C@H](O)[C@H]4O)cc32)cc1. The summed E-state index contributed by atoms with van der Waals surface area (Å²) in [6, 6.07) is 14.7. The Balaban J connectivity index is 1.60. The summed E-state index contributed by atoms with van der Waals surface area (Å²) in [5.41, 5.74) is 5.66. The minimum absolute atomic E-state index is 0.424. The van der Waals surface area contributed by atoms with Crippen LogP contribution >= 0.6 is 0 Å². The molecule has 2 aromatic carbocycles. The lowest BCUT2D eigenvalue weighted by molar-refractivity contribution is -0.231. The van der Waals surface area contributed by atoms with Crippen LogP contribution in [-0.4, -0.2) is 58.0 Å². The van der Waals surface area contributed by atoms with Crippen molar-refractivity contribution in [1.82, 2.24) is 0 Å². The molecule has 0 amide bonds. The molecule has 6 heteroatoms. The fourth-order valence-electron chi connectivity index (χ4n) is 4.49. The molecule has 1 fully saturated rings.